The van der Waals surface area contributed by atoms with Crippen molar-refractivity contribution in [2.24, 2.45) is 5.73 Å². The van der Waals surface area contributed by atoms with Crippen LogP contribution in [0.2, 0.25) is 0 Å². The standard InChI is InChI=1S/C12H15BrFNO2/c1-12(2,17-11(15)16)6-5-8-7-9(14)3-4-10(8)13/h3-4,7H,5-6H2,1-2H3,(H2,15,16). The van der Waals surface area contributed by atoms with E-state index in [-0.39, 0.29) is 5.82 Å². The van der Waals surface area contributed by atoms with E-state index in [4.69, 9.17) is 10.5 Å². The molecule has 17 heavy (non-hydrogen) atoms. The van der Waals surface area contributed by atoms with E-state index >= 15 is 0 Å². The van der Waals surface area contributed by atoms with Crippen LogP contribution in [0.15, 0.2) is 22.7 Å². The van der Waals surface area contributed by atoms with E-state index < -0.39 is 11.7 Å². The highest BCUT2D eigenvalue weighted by molar-refractivity contribution is 9.10. The van der Waals surface area contributed by atoms with Crippen molar-refractivity contribution >= 4 is 22.0 Å². The minimum atomic E-state index is -0.798. The number of primary amides is 1. The van der Waals surface area contributed by atoms with E-state index in [9.17, 15) is 9.18 Å². The Morgan fingerprint density at radius 3 is 2.76 bits per heavy atom. The molecule has 0 aliphatic rings. The van der Waals surface area contributed by atoms with Crippen LogP contribution in [0.1, 0.15) is 25.8 Å². The second kappa shape index (κ2) is 5.49. The minimum absolute atomic E-state index is 0.281. The van der Waals surface area contributed by atoms with Gasteiger partial charge in [0.1, 0.15) is 11.4 Å². The predicted molar refractivity (Wildman–Crippen MR) is 67.2 cm³/mol. The largest absolute Gasteiger partial charge is 0.444 e. The second-order valence-electron chi connectivity index (χ2n) is 4.42. The lowest BCUT2D eigenvalue weighted by Crippen LogP contribution is -2.31. The summed E-state index contributed by atoms with van der Waals surface area (Å²) in [6.45, 7) is 3.54. The van der Waals surface area contributed by atoms with Gasteiger partial charge in [0, 0.05) is 4.47 Å². The topological polar surface area (TPSA) is 52.3 Å². The monoisotopic (exact) mass is 303 g/mol. The Labute approximate surface area is 108 Å². The van der Waals surface area contributed by atoms with Crippen LogP contribution in [0.4, 0.5) is 9.18 Å². The SMILES string of the molecule is CC(C)(CCc1cc(F)ccc1Br)OC(N)=O. The molecule has 1 aromatic rings. The van der Waals surface area contributed by atoms with E-state index in [1.165, 1.54) is 12.1 Å². The van der Waals surface area contributed by atoms with Crippen LogP contribution >= 0.6 is 15.9 Å². The summed E-state index contributed by atoms with van der Waals surface area (Å²) in [6, 6.07) is 4.51. The molecule has 3 nitrogen and oxygen atoms in total. The van der Waals surface area contributed by atoms with Crippen molar-refractivity contribution in [3.63, 3.8) is 0 Å². The van der Waals surface area contributed by atoms with E-state index in [0.29, 0.717) is 12.8 Å². The fraction of sp³-hybridized carbons (Fsp3) is 0.417. The number of carbonyl (C=O) groups is 1. The molecule has 0 aliphatic carbocycles. The smallest absolute Gasteiger partial charge is 0.405 e. The van der Waals surface area contributed by atoms with Crippen LogP contribution in [0, 0.1) is 5.82 Å². The molecule has 0 aromatic heterocycles. The summed E-state index contributed by atoms with van der Waals surface area (Å²) in [7, 11) is 0. The van der Waals surface area contributed by atoms with E-state index in [2.05, 4.69) is 15.9 Å². The maximum atomic E-state index is 13.1. The number of hydrogen-bond donors (Lipinski definition) is 1. The van der Waals surface area contributed by atoms with Gasteiger partial charge in [0.2, 0.25) is 0 Å². The Morgan fingerprint density at radius 2 is 2.18 bits per heavy atom. The Hall–Kier alpha value is -1.10. The molecule has 0 atom stereocenters. The summed E-state index contributed by atoms with van der Waals surface area (Å²) >= 11 is 3.35. The van der Waals surface area contributed by atoms with E-state index in [1.807, 2.05) is 0 Å². The lowest BCUT2D eigenvalue weighted by molar-refractivity contribution is 0.0394. The molecule has 2 N–H and O–H groups in total. The maximum Gasteiger partial charge on any atom is 0.405 e. The molecule has 94 valence electrons. The summed E-state index contributed by atoms with van der Waals surface area (Å²) in [6.07, 6.45) is 0.365. The molecule has 1 amide bonds. The normalized spacial score (nSPS) is 11.3. The molecule has 1 aromatic carbocycles. The van der Waals surface area contributed by atoms with Gasteiger partial charge in [-0.3, -0.25) is 0 Å². The fourth-order valence-electron chi connectivity index (χ4n) is 1.49. The van der Waals surface area contributed by atoms with Gasteiger partial charge in [0.15, 0.2) is 0 Å². The van der Waals surface area contributed by atoms with Crippen LogP contribution in [-0.2, 0) is 11.2 Å². The first-order valence-electron chi connectivity index (χ1n) is 5.22. The number of benzene rings is 1. The van der Waals surface area contributed by atoms with Crippen molar-refractivity contribution in [1.29, 1.82) is 0 Å². The van der Waals surface area contributed by atoms with E-state index in [1.54, 1.807) is 19.9 Å². The number of rotatable bonds is 4. The van der Waals surface area contributed by atoms with Gasteiger partial charge in [-0.1, -0.05) is 15.9 Å². The lowest BCUT2D eigenvalue weighted by atomic mass is 9.98. The van der Waals surface area contributed by atoms with Crippen molar-refractivity contribution in [1.82, 2.24) is 0 Å². The summed E-state index contributed by atoms with van der Waals surface area (Å²) in [5.41, 5.74) is 5.15. The molecule has 0 saturated carbocycles. The third-order valence-electron chi connectivity index (χ3n) is 2.38. The van der Waals surface area contributed by atoms with Gasteiger partial charge in [-0.05, 0) is 50.5 Å². The second-order valence-corrected chi connectivity index (χ2v) is 5.27. The molecule has 0 aliphatic heterocycles. The third-order valence-corrected chi connectivity index (χ3v) is 3.15. The number of carbonyl (C=O) groups excluding carboxylic acids is 1. The fourth-order valence-corrected chi connectivity index (χ4v) is 1.94. The summed E-state index contributed by atoms with van der Waals surface area (Å²) < 4.78 is 18.9. The number of aryl methyl sites for hydroxylation is 1. The average molecular weight is 304 g/mol. The van der Waals surface area contributed by atoms with Gasteiger partial charge < -0.3 is 10.5 Å². The first kappa shape index (κ1) is 14.0. The Balaban J connectivity index is 2.66. The molecule has 5 heteroatoms. The highest BCUT2D eigenvalue weighted by Crippen LogP contribution is 2.23. The van der Waals surface area contributed by atoms with Crippen LogP contribution in [-0.4, -0.2) is 11.7 Å². The summed E-state index contributed by atoms with van der Waals surface area (Å²) in [5, 5.41) is 0. The quantitative estimate of drug-likeness (QED) is 0.927. The van der Waals surface area contributed by atoms with Crippen LogP contribution in [0.3, 0.4) is 0 Å². The van der Waals surface area contributed by atoms with Gasteiger partial charge in [-0.15, -0.1) is 0 Å². The number of hydrogen-bond acceptors (Lipinski definition) is 2. The number of halogens is 2. The molecule has 0 unspecified atom stereocenters. The molecule has 0 fully saturated rings. The summed E-state index contributed by atoms with van der Waals surface area (Å²) in [5.74, 6) is -0.281. The van der Waals surface area contributed by atoms with Crippen molar-refractivity contribution in [3.8, 4) is 0 Å². The highest BCUT2D eigenvalue weighted by atomic mass is 79.9. The molecule has 0 heterocycles. The molecular weight excluding hydrogens is 289 g/mol. The molecule has 0 spiro atoms. The maximum absolute atomic E-state index is 13.1. The number of ether oxygens (including phenoxy) is 1. The van der Waals surface area contributed by atoms with Crippen LogP contribution in [0.5, 0.6) is 0 Å². The van der Waals surface area contributed by atoms with E-state index in [0.717, 1.165) is 10.0 Å². The van der Waals surface area contributed by atoms with Crippen molar-refractivity contribution < 1.29 is 13.9 Å². The molecule has 0 bridgehead atoms. The molecule has 0 saturated heterocycles. The number of amides is 1. The van der Waals surface area contributed by atoms with Crippen molar-refractivity contribution in [3.05, 3.63) is 34.1 Å². The Bertz CT molecular complexity index is 421. The zero-order valence-electron chi connectivity index (χ0n) is 9.80. The van der Waals surface area contributed by atoms with Crippen molar-refractivity contribution in [2.45, 2.75) is 32.3 Å². The predicted octanol–water partition coefficient (Wildman–Crippen LogP) is 3.39. The van der Waals surface area contributed by atoms with Gasteiger partial charge in [-0.2, -0.15) is 0 Å². The molecule has 1 rings (SSSR count). The number of nitrogens with two attached hydrogens (primary N) is 1. The van der Waals surface area contributed by atoms with Gasteiger partial charge in [0.25, 0.3) is 0 Å². The van der Waals surface area contributed by atoms with Crippen LogP contribution in [0.25, 0.3) is 0 Å². The summed E-state index contributed by atoms with van der Waals surface area (Å²) in [4.78, 5) is 10.7. The van der Waals surface area contributed by atoms with Gasteiger partial charge in [0.05, 0.1) is 0 Å². The molecular formula is C12H15BrFNO2. The zero-order chi connectivity index (χ0) is 13.1. The zero-order valence-corrected chi connectivity index (χ0v) is 11.4. The van der Waals surface area contributed by atoms with Gasteiger partial charge >= 0.3 is 6.09 Å². The first-order valence-corrected chi connectivity index (χ1v) is 6.02. The third kappa shape index (κ3) is 4.73. The molecule has 0 radical (unpaired) electrons. The van der Waals surface area contributed by atoms with Gasteiger partial charge in [-0.25, -0.2) is 9.18 Å². The average Bonchev–Trinajstić information content (AvgIpc) is 2.17. The highest BCUT2D eigenvalue weighted by Gasteiger charge is 2.21. The van der Waals surface area contributed by atoms with Crippen molar-refractivity contribution in [2.75, 3.05) is 0 Å². The Kier molecular flexibility index (Phi) is 4.51. The Morgan fingerprint density at radius 1 is 1.53 bits per heavy atom. The lowest BCUT2D eigenvalue weighted by Gasteiger charge is -2.24. The van der Waals surface area contributed by atoms with Crippen LogP contribution < -0.4 is 5.73 Å². The first-order chi connectivity index (χ1) is 7.80. The minimum Gasteiger partial charge on any atom is -0.444 e.